The molecule has 0 heterocycles. The van der Waals surface area contributed by atoms with Crippen molar-refractivity contribution in [1.82, 2.24) is 0 Å². The first-order chi connectivity index (χ1) is 42.7. The van der Waals surface area contributed by atoms with Gasteiger partial charge in [0, 0.05) is 21.2 Å². The number of ether oxygens (including phenoxy) is 2. The fraction of sp³-hybridized carbons (Fsp3) is 0.143. The van der Waals surface area contributed by atoms with Crippen LogP contribution in [0.2, 0.25) is 0 Å². The number of hydrogen-bond acceptors (Lipinski definition) is 6. The molecule has 0 amide bonds. The van der Waals surface area contributed by atoms with E-state index in [-0.39, 0.29) is 16.7 Å². The monoisotopic (exact) mass is 1280 g/mol. The van der Waals surface area contributed by atoms with Gasteiger partial charge >= 0.3 is 24.7 Å². The largest absolute Gasteiger partial charge is 0.416 e. The quantitative estimate of drug-likeness (QED) is 0.0328. The third-order valence-corrected chi connectivity index (χ3v) is 20.3. The van der Waals surface area contributed by atoms with E-state index in [1.54, 1.807) is 182 Å². The maximum atomic E-state index is 17.4. The van der Waals surface area contributed by atoms with Crippen LogP contribution in [0.1, 0.15) is 62.6 Å². The van der Waals surface area contributed by atoms with Gasteiger partial charge in [0.2, 0.25) is 5.79 Å². The molecule has 0 saturated heterocycles. The van der Waals surface area contributed by atoms with Crippen molar-refractivity contribution in [3.63, 3.8) is 0 Å². The minimum Gasteiger partial charge on any atom is -0.355 e. The second-order valence-corrected chi connectivity index (χ2v) is 25.5. The summed E-state index contributed by atoms with van der Waals surface area (Å²) in [6, 6.07) is 61.7. The molecule has 1 unspecified atom stereocenters. The standard InChI is InChI=1S/C70H52F12O6P2/c1-49(86-89(83,60-40-32-56(33-41-60)67(71,72)73)61-42-34-57(35-43-61)68(74,75)76)64(87-66(53-26-14-5-15-27-53,54-28-16-6-17-29-54)55-30-18-7-19-31-55,48-85-65(50-20-8-2-9-21-50,51-22-10-3-11-23-51)52-24-12-4-13-25-52)88-90(84,62-44-36-58(37-45-62)69(77,78)79)63-46-38-59(39-47-63)70(80,81)82/h2-47,49H,48H2,1H3/t49?,64-/m1/s1. The molecule has 0 fully saturated rings. The van der Waals surface area contributed by atoms with Crippen LogP contribution in [-0.2, 0) is 63.6 Å². The molecule has 462 valence electrons. The van der Waals surface area contributed by atoms with Crippen LogP contribution in [0.25, 0.3) is 0 Å². The molecule has 0 radical (unpaired) electrons. The summed E-state index contributed by atoms with van der Waals surface area (Å²) in [6.45, 7) is 0.0569. The predicted molar refractivity (Wildman–Crippen MR) is 319 cm³/mol. The van der Waals surface area contributed by atoms with Crippen molar-refractivity contribution in [2.45, 2.75) is 54.7 Å². The van der Waals surface area contributed by atoms with Crippen molar-refractivity contribution in [3.8, 4) is 0 Å². The minimum absolute atomic E-state index is 0.274. The van der Waals surface area contributed by atoms with Gasteiger partial charge in [-0.2, -0.15) is 52.7 Å². The van der Waals surface area contributed by atoms with Gasteiger partial charge < -0.3 is 14.0 Å². The van der Waals surface area contributed by atoms with Crippen molar-refractivity contribution in [2.75, 3.05) is 6.61 Å². The predicted octanol–water partition coefficient (Wildman–Crippen LogP) is 18.1. The summed E-state index contributed by atoms with van der Waals surface area (Å²) in [5, 5.41) is -2.21. The fourth-order valence-corrected chi connectivity index (χ4v) is 15.2. The van der Waals surface area contributed by atoms with Gasteiger partial charge in [-0.15, -0.1) is 0 Å². The number of benzene rings is 10. The molecular weight excluding hydrogens is 1230 g/mol. The van der Waals surface area contributed by atoms with Crippen molar-refractivity contribution in [2.24, 2.45) is 0 Å². The average Bonchev–Trinajstić information content (AvgIpc) is 0.738. The van der Waals surface area contributed by atoms with E-state index >= 15 is 9.13 Å². The summed E-state index contributed by atoms with van der Waals surface area (Å²) in [4.78, 5) is 0. The topological polar surface area (TPSA) is 71.1 Å². The molecule has 0 N–H and O–H groups in total. The lowest BCUT2D eigenvalue weighted by Crippen LogP contribution is -2.58. The molecule has 6 nitrogen and oxygen atoms in total. The zero-order valence-corrected chi connectivity index (χ0v) is 49.0. The smallest absolute Gasteiger partial charge is 0.355 e. The highest BCUT2D eigenvalue weighted by atomic mass is 31.2. The summed E-state index contributed by atoms with van der Waals surface area (Å²) < 4.78 is 238. The van der Waals surface area contributed by atoms with Crippen LogP contribution in [0.15, 0.2) is 279 Å². The summed E-state index contributed by atoms with van der Waals surface area (Å²) >= 11 is 0. The Morgan fingerprint density at radius 2 is 0.522 bits per heavy atom. The van der Waals surface area contributed by atoms with E-state index in [4.69, 9.17) is 18.5 Å². The van der Waals surface area contributed by atoms with E-state index in [2.05, 4.69) is 0 Å². The number of hydrogen-bond donors (Lipinski definition) is 0. The molecule has 0 spiro atoms. The Bertz CT molecular complexity index is 3770. The van der Waals surface area contributed by atoms with Crippen LogP contribution in [0, 0.1) is 0 Å². The number of alkyl halides is 12. The Morgan fingerprint density at radius 3 is 0.756 bits per heavy atom. The Labute approximate surface area is 510 Å². The van der Waals surface area contributed by atoms with Crippen molar-refractivity contribution < 1.29 is 80.3 Å². The average molecular weight is 1280 g/mol. The van der Waals surface area contributed by atoms with Gasteiger partial charge in [-0.3, -0.25) is 13.7 Å². The van der Waals surface area contributed by atoms with Gasteiger partial charge in [0.25, 0.3) is 14.7 Å². The Morgan fingerprint density at radius 1 is 0.300 bits per heavy atom. The molecule has 10 rings (SSSR count). The van der Waals surface area contributed by atoms with Gasteiger partial charge in [0.15, 0.2) is 0 Å². The van der Waals surface area contributed by atoms with E-state index in [9.17, 15) is 52.7 Å². The summed E-state index contributed by atoms with van der Waals surface area (Å²) in [6.07, 6.45) is -22.1. The summed E-state index contributed by atoms with van der Waals surface area (Å²) in [7, 11) is -10.8. The minimum atomic E-state index is -5.52. The van der Waals surface area contributed by atoms with E-state index in [1.165, 1.54) is 6.92 Å². The van der Waals surface area contributed by atoms with Crippen molar-refractivity contribution >= 4 is 36.0 Å². The molecule has 0 saturated carbocycles. The van der Waals surface area contributed by atoms with E-state index in [1.807, 2.05) is 0 Å². The van der Waals surface area contributed by atoms with Crippen LogP contribution >= 0.6 is 14.7 Å². The van der Waals surface area contributed by atoms with Crippen LogP contribution in [0.4, 0.5) is 52.7 Å². The van der Waals surface area contributed by atoms with Gasteiger partial charge in [0.1, 0.15) is 23.9 Å². The third-order valence-electron chi connectivity index (χ3n) is 15.2. The SMILES string of the molecule is CC(OP(=O)(c1ccc(C(F)(F)F)cc1)c1ccc(C(F)(F)F)cc1)[C@](COC(c1ccccc1)(c1ccccc1)c1ccccc1)(OC(c1ccccc1)(c1ccccc1)c1ccccc1)OP(=O)(c1ccc(C(F)(F)F)cc1)c1ccc(C(F)(F)F)cc1. The highest BCUT2D eigenvalue weighted by molar-refractivity contribution is 7.74. The molecule has 20 heteroatoms. The first kappa shape index (κ1) is 64.6. The normalized spacial score (nSPS) is 14.0. The molecule has 0 aliphatic heterocycles. The maximum Gasteiger partial charge on any atom is 0.416 e. The number of rotatable bonds is 20. The van der Waals surface area contributed by atoms with Crippen molar-refractivity contribution in [1.29, 1.82) is 0 Å². The Kier molecular flexibility index (Phi) is 18.3. The van der Waals surface area contributed by atoms with Crippen molar-refractivity contribution in [3.05, 3.63) is 335 Å². The van der Waals surface area contributed by atoms with Crippen LogP contribution in [0.3, 0.4) is 0 Å². The summed E-state index contributed by atoms with van der Waals surface area (Å²) in [5.41, 5.74) is -6.88. The lowest BCUT2D eigenvalue weighted by Gasteiger charge is -2.49. The molecule has 90 heavy (non-hydrogen) atoms. The first-order valence-corrected chi connectivity index (χ1v) is 31.0. The second-order valence-electron chi connectivity index (χ2n) is 20.9. The Balaban J connectivity index is 1.36. The highest BCUT2D eigenvalue weighted by Gasteiger charge is 2.58. The van der Waals surface area contributed by atoms with E-state index in [0.717, 1.165) is 48.5 Å². The molecule has 0 aliphatic carbocycles. The molecule has 0 aromatic heterocycles. The number of halogens is 12. The lowest BCUT2D eigenvalue weighted by atomic mass is 9.79. The zero-order chi connectivity index (χ0) is 64.2. The fourth-order valence-electron chi connectivity index (χ4n) is 10.7. The van der Waals surface area contributed by atoms with Crippen LogP contribution in [-0.4, -0.2) is 18.5 Å². The van der Waals surface area contributed by atoms with Gasteiger partial charge in [-0.05, 0) is 137 Å². The van der Waals surface area contributed by atoms with Crippen LogP contribution in [0.5, 0.6) is 0 Å². The lowest BCUT2D eigenvalue weighted by molar-refractivity contribution is -0.293. The molecule has 10 aromatic carbocycles. The zero-order valence-electron chi connectivity index (χ0n) is 47.2. The van der Waals surface area contributed by atoms with E-state index < -0.39 is 113 Å². The molecule has 2 atom stereocenters. The molecular formula is C70H52F12O6P2. The van der Waals surface area contributed by atoms with Gasteiger partial charge in [-0.25, -0.2) is 0 Å². The van der Waals surface area contributed by atoms with Gasteiger partial charge in [0.05, 0.1) is 22.3 Å². The Hall–Kier alpha value is -8.34. The van der Waals surface area contributed by atoms with Crippen LogP contribution < -0.4 is 21.2 Å². The first-order valence-electron chi connectivity index (χ1n) is 27.7. The summed E-state index contributed by atoms with van der Waals surface area (Å²) in [5.74, 6) is -3.15. The van der Waals surface area contributed by atoms with E-state index in [0.29, 0.717) is 65.2 Å². The highest BCUT2D eigenvalue weighted by Crippen LogP contribution is 2.58. The van der Waals surface area contributed by atoms with Gasteiger partial charge in [-0.1, -0.05) is 182 Å². The third kappa shape index (κ3) is 13.1. The maximum absolute atomic E-state index is 17.4. The molecule has 0 bridgehead atoms. The second kappa shape index (κ2) is 25.5. The molecule has 0 aliphatic rings. The molecule has 10 aromatic rings.